The van der Waals surface area contributed by atoms with Crippen molar-refractivity contribution in [2.75, 3.05) is 26.3 Å². The Morgan fingerprint density at radius 1 is 1.16 bits per heavy atom. The van der Waals surface area contributed by atoms with Crippen molar-refractivity contribution in [2.24, 2.45) is 5.92 Å². The molecule has 3 aromatic rings. The van der Waals surface area contributed by atoms with Crippen LogP contribution in [0.1, 0.15) is 47.2 Å². The van der Waals surface area contributed by atoms with Crippen LogP contribution >= 0.6 is 0 Å². The van der Waals surface area contributed by atoms with Crippen LogP contribution < -0.4 is 5.32 Å². The lowest BCUT2D eigenvalue weighted by Crippen LogP contribution is -2.40. The fourth-order valence-corrected chi connectivity index (χ4v) is 5.01. The van der Waals surface area contributed by atoms with Gasteiger partial charge in [-0.15, -0.1) is 0 Å². The van der Waals surface area contributed by atoms with Gasteiger partial charge in [0.15, 0.2) is 5.76 Å². The Morgan fingerprint density at radius 2 is 2.00 bits per heavy atom. The average Bonchev–Trinajstić information content (AvgIpc) is 3.56. The summed E-state index contributed by atoms with van der Waals surface area (Å²) in [6.45, 7) is 6.36. The van der Waals surface area contributed by atoms with Gasteiger partial charge in [-0.2, -0.15) is 0 Å². The van der Waals surface area contributed by atoms with Crippen LogP contribution in [-0.2, 0) is 24.1 Å². The Balaban J connectivity index is 1.28. The maximum absolute atomic E-state index is 13.0. The molecule has 168 valence electrons. The van der Waals surface area contributed by atoms with Gasteiger partial charge in [-0.3, -0.25) is 14.7 Å². The predicted molar refractivity (Wildman–Crippen MR) is 124 cm³/mol. The highest BCUT2D eigenvalue weighted by atomic mass is 16.5. The highest BCUT2D eigenvalue weighted by Crippen LogP contribution is 2.25. The molecule has 2 aliphatic rings. The zero-order chi connectivity index (χ0) is 21.9. The number of carbonyl (C=O) groups excluding carboxylic acids is 1. The fraction of sp³-hybridized carbons (Fsp3) is 0.462. The van der Waals surface area contributed by atoms with E-state index in [0.29, 0.717) is 19.0 Å². The van der Waals surface area contributed by atoms with E-state index in [0.717, 1.165) is 54.7 Å². The summed E-state index contributed by atoms with van der Waals surface area (Å²) in [4.78, 5) is 19.9. The summed E-state index contributed by atoms with van der Waals surface area (Å²) in [6.07, 6.45) is 6.00. The Hall–Kier alpha value is -2.70. The van der Waals surface area contributed by atoms with E-state index >= 15 is 0 Å². The summed E-state index contributed by atoms with van der Waals surface area (Å²) in [6, 6.07) is 12.2. The number of amides is 1. The van der Waals surface area contributed by atoms with Crippen LogP contribution in [0.3, 0.4) is 0 Å². The van der Waals surface area contributed by atoms with Crippen molar-refractivity contribution in [1.29, 1.82) is 0 Å². The van der Waals surface area contributed by atoms with Crippen molar-refractivity contribution < 1.29 is 13.9 Å². The number of hydrogen-bond donors (Lipinski definition) is 1. The van der Waals surface area contributed by atoms with Crippen LogP contribution in [-0.4, -0.2) is 48.1 Å². The van der Waals surface area contributed by atoms with Crippen molar-refractivity contribution in [2.45, 2.75) is 45.2 Å². The fourth-order valence-electron chi connectivity index (χ4n) is 5.01. The quantitative estimate of drug-likeness (QED) is 0.611. The third-order valence-electron chi connectivity index (χ3n) is 6.77. The minimum absolute atomic E-state index is 0.0355. The van der Waals surface area contributed by atoms with Crippen molar-refractivity contribution in [3.8, 4) is 0 Å². The van der Waals surface area contributed by atoms with E-state index in [1.807, 2.05) is 30.5 Å². The molecule has 32 heavy (non-hydrogen) atoms. The maximum Gasteiger partial charge on any atom is 0.287 e. The highest BCUT2D eigenvalue weighted by molar-refractivity contribution is 5.92. The van der Waals surface area contributed by atoms with E-state index in [4.69, 9.17) is 9.15 Å². The number of ether oxygens (including phenoxy) is 1. The molecule has 4 heterocycles. The molecule has 5 rings (SSSR count). The minimum atomic E-state index is -0.146. The molecule has 0 aliphatic carbocycles. The summed E-state index contributed by atoms with van der Waals surface area (Å²) in [7, 11) is 0. The first kappa shape index (κ1) is 21.2. The maximum atomic E-state index is 13.0. The molecular weight excluding hydrogens is 402 g/mol. The van der Waals surface area contributed by atoms with Crippen molar-refractivity contribution in [1.82, 2.24) is 15.2 Å². The van der Waals surface area contributed by atoms with Gasteiger partial charge < -0.3 is 14.5 Å². The van der Waals surface area contributed by atoms with Gasteiger partial charge in [0.05, 0.1) is 24.8 Å². The SMILES string of the molecule is CCc1oc(C(=O)N[C@H]2COC[C@H]2Cc2ccnc3ccccc23)cc1CN1CCCC1. The number of likely N-dealkylation sites (tertiary alicyclic amines) is 1. The lowest BCUT2D eigenvalue weighted by molar-refractivity contribution is 0.0895. The number of carbonyl (C=O) groups is 1. The molecule has 0 spiro atoms. The molecule has 2 atom stereocenters. The first-order valence-electron chi connectivity index (χ1n) is 11.8. The summed E-state index contributed by atoms with van der Waals surface area (Å²) in [5, 5.41) is 4.35. The number of fused-ring (bicyclic) bond motifs is 1. The van der Waals surface area contributed by atoms with E-state index in [9.17, 15) is 4.79 Å². The number of pyridine rings is 1. The first-order chi connectivity index (χ1) is 15.7. The smallest absolute Gasteiger partial charge is 0.287 e. The van der Waals surface area contributed by atoms with E-state index in [2.05, 4.69) is 34.3 Å². The Labute approximate surface area is 189 Å². The molecule has 0 unspecified atom stereocenters. The standard InChI is InChI=1S/C26H31N3O3/c1-2-24-19(15-29-11-5-6-12-29)14-25(32-24)26(30)28-23-17-31-16-20(23)13-18-9-10-27-22-8-4-3-7-21(18)22/h3-4,7-10,14,20,23H,2,5-6,11-13,15-17H2,1H3,(H,28,30)/t20-,23+/m1/s1. The van der Waals surface area contributed by atoms with Gasteiger partial charge in [-0.25, -0.2) is 0 Å². The molecule has 6 heteroatoms. The third kappa shape index (κ3) is 4.43. The number of benzene rings is 1. The lowest BCUT2D eigenvalue weighted by atomic mass is 9.93. The molecule has 0 radical (unpaired) electrons. The third-order valence-corrected chi connectivity index (χ3v) is 6.77. The molecule has 2 aliphatic heterocycles. The van der Waals surface area contributed by atoms with Crippen molar-refractivity contribution >= 4 is 16.8 Å². The molecule has 0 bridgehead atoms. The van der Waals surface area contributed by atoms with E-state index in [-0.39, 0.29) is 17.9 Å². The molecule has 1 aromatic carbocycles. The van der Waals surface area contributed by atoms with Crippen molar-refractivity contribution in [3.05, 3.63) is 65.2 Å². The van der Waals surface area contributed by atoms with Crippen molar-refractivity contribution in [3.63, 3.8) is 0 Å². The number of hydrogen-bond acceptors (Lipinski definition) is 5. The van der Waals surface area contributed by atoms with Crippen LogP contribution in [0.4, 0.5) is 0 Å². The van der Waals surface area contributed by atoms with Gasteiger partial charge in [0.2, 0.25) is 0 Å². The number of aryl methyl sites for hydroxylation is 1. The number of aromatic nitrogens is 1. The van der Waals surface area contributed by atoms with Gasteiger partial charge in [0, 0.05) is 36.0 Å². The van der Waals surface area contributed by atoms with Crippen LogP contribution in [0.15, 0.2) is 47.0 Å². The lowest BCUT2D eigenvalue weighted by Gasteiger charge is -2.19. The summed E-state index contributed by atoms with van der Waals surface area (Å²) in [5.41, 5.74) is 3.38. The number of para-hydroxylation sites is 1. The van der Waals surface area contributed by atoms with E-state index < -0.39 is 0 Å². The second-order valence-electron chi connectivity index (χ2n) is 8.96. The second-order valence-corrected chi connectivity index (χ2v) is 8.96. The van der Waals surface area contributed by atoms with Crippen LogP contribution in [0.5, 0.6) is 0 Å². The number of furan rings is 1. The van der Waals surface area contributed by atoms with Crippen LogP contribution in [0.2, 0.25) is 0 Å². The largest absolute Gasteiger partial charge is 0.456 e. The first-order valence-corrected chi connectivity index (χ1v) is 11.8. The molecule has 1 N–H and O–H groups in total. The molecule has 0 saturated carbocycles. The van der Waals surface area contributed by atoms with Gasteiger partial charge in [0.1, 0.15) is 5.76 Å². The number of rotatable bonds is 7. The molecule has 2 aromatic heterocycles. The summed E-state index contributed by atoms with van der Waals surface area (Å²) < 4.78 is 11.7. The molecule has 2 saturated heterocycles. The van der Waals surface area contributed by atoms with Crippen LogP contribution in [0, 0.1) is 5.92 Å². The molecular formula is C26H31N3O3. The number of nitrogens with one attached hydrogen (secondary N) is 1. The minimum Gasteiger partial charge on any atom is -0.456 e. The monoisotopic (exact) mass is 433 g/mol. The summed E-state index contributed by atoms with van der Waals surface area (Å²) in [5.74, 6) is 1.41. The average molecular weight is 434 g/mol. The molecule has 1 amide bonds. The van der Waals surface area contributed by atoms with E-state index in [1.165, 1.54) is 18.4 Å². The van der Waals surface area contributed by atoms with Gasteiger partial charge in [-0.05, 0) is 56.1 Å². The zero-order valence-electron chi connectivity index (χ0n) is 18.7. The normalized spacial score (nSPS) is 21.4. The zero-order valence-corrected chi connectivity index (χ0v) is 18.7. The topological polar surface area (TPSA) is 67.6 Å². The van der Waals surface area contributed by atoms with Crippen LogP contribution in [0.25, 0.3) is 10.9 Å². The van der Waals surface area contributed by atoms with E-state index in [1.54, 1.807) is 0 Å². The summed E-state index contributed by atoms with van der Waals surface area (Å²) >= 11 is 0. The number of nitrogens with zero attached hydrogens (tertiary/aromatic N) is 2. The highest BCUT2D eigenvalue weighted by Gasteiger charge is 2.31. The predicted octanol–water partition coefficient (Wildman–Crippen LogP) is 3.97. The van der Waals surface area contributed by atoms with Gasteiger partial charge in [0.25, 0.3) is 5.91 Å². The second kappa shape index (κ2) is 9.43. The Bertz CT molecular complexity index is 1080. The Kier molecular flexibility index (Phi) is 6.23. The van der Waals surface area contributed by atoms with Gasteiger partial charge >= 0.3 is 0 Å². The molecule has 2 fully saturated rings. The molecule has 6 nitrogen and oxygen atoms in total. The Morgan fingerprint density at radius 3 is 2.84 bits per heavy atom. The van der Waals surface area contributed by atoms with Gasteiger partial charge in [-0.1, -0.05) is 25.1 Å².